The molecule has 4 aromatic rings. The number of hydrogen-bond donors (Lipinski definition) is 1. The van der Waals surface area contributed by atoms with Gasteiger partial charge in [0.2, 0.25) is 5.91 Å². The number of amides is 1. The van der Waals surface area contributed by atoms with Crippen molar-refractivity contribution in [2.45, 2.75) is 27.0 Å². The van der Waals surface area contributed by atoms with E-state index in [1.54, 1.807) is 23.9 Å². The minimum absolute atomic E-state index is 0.274. The van der Waals surface area contributed by atoms with E-state index in [2.05, 4.69) is 10.4 Å². The smallest absolute Gasteiger partial charge is 0.248 e. The first kappa shape index (κ1) is 24.7. The van der Waals surface area contributed by atoms with Crippen molar-refractivity contribution in [3.05, 3.63) is 113 Å². The van der Waals surface area contributed by atoms with Gasteiger partial charge >= 0.3 is 0 Å². The van der Waals surface area contributed by atoms with E-state index in [0.717, 1.165) is 28.1 Å². The molecule has 6 nitrogen and oxygen atoms in total. The molecular weight excluding hydrogens is 457 g/mol. The molecule has 0 saturated carbocycles. The van der Waals surface area contributed by atoms with Gasteiger partial charge in [0, 0.05) is 11.6 Å². The van der Waals surface area contributed by atoms with Crippen molar-refractivity contribution in [1.29, 1.82) is 0 Å². The van der Waals surface area contributed by atoms with Gasteiger partial charge in [-0.25, -0.2) is 4.39 Å². The Bertz CT molecular complexity index is 1380. The van der Waals surface area contributed by atoms with Crippen molar-refractivity contribution in [2.24, 2.45) is 0 Å². The molecule has 1 amide bonds. The number of benzene rings is 3. The Balaban J connectivity index is 1.43. The minimum atomic E-state index is -0.291. The molecule has 0 spiro atoms. The molecule has 7 heteroatoms. The molecule has 36 heavy (non-hydrogen) atoms. The predicted octanol–water partition coefficient (Wildman–Crippen LogP) is 5.93. The zero-order chi connectivity index (χ0) is 25.5. The highest BCUT2D eigenvalue weighted by Gasteiger charge is 2.14. The Kier molecular flexibility index (Phi) is 7.80. The lowest BCUT2D eigenvalue weighted by Gasteiger charge is -2.11. The highest BCUT2D eigenvalue weighted by Crippen LogP contribution is 2.24. The summed E-state index contributed by atoms with van der Waals surface area (Å²) in [4.78, 5) is 12.7. The number of carbonyl (C=O) groups excluding carboxylic acids is 1. The van der Waals surface area contributed by atoms with Crippen LogP contribution in [0.1, 0.15) is 28.1 Å². The summed E-state index contributed by atoms with van der Waals surface area (Å²) in [6.07, 6.45) is 3.22. The fourth-order valence-corrected chi connectivity index (χ4v) is 3.87. The number of halogens is 1. The van der Waals surface area contributed by atoms with Crippen LogP contribution in [-0.4, -0.2) is 22.8 Å². The Hall–Kier alpha value is -4.39. The van der Waals surface area contributed by atoms with Gasteiger partial charge in [-0.15, -0.1) is 0 Å². The quantitative estimate of drug-likeness (QED) is 0.299. The van der Waals surface area contributed by atoms with Crippen LogP contribution in [0.3, 0.4) is 0 Å². The van der Waals surface area contributed by atoms with Crippen LogP contribution in [0, 0.1) is 19.7 Å². The predicted molar refractivity (Wildman–Crippen MR) is 139 cm³/mol. The molecule has 4 rings (SSSR count). The summed E-state index contributed by atoms with van der Waals surface area (Å²) >= 11 is 0. The van der Waals surface area contributed by atoms with Crippen molar-refractivity contribution in [3.63, 3.8) is 0 Å². The molecule has 0 aliphatic heterocycles. The van der Waals surface area contributed by atoms with Crippen LogP contribution < -0.4 is 14.8 Å². The van der Waals surface area contributed by atoms with Crippen LogP contribution >= 0.6 is 0 Å². The zero-order valence-corrected chi connectivity index (χ0v) is 20.5. The van der Waals surface area contributed by atoms with E-state index in [9.17, 15) is 9.18 Å². The van der Waals surface area contributed by atoms with E-state index in [1.165, 1.54) is 18.2 Å². The van der Waals surface area contributed by atoms with Crippen LogP contribution in [-0.2, 0) is 17.9 Å². The van der Waals surface area contributed by atoms with Crippen LogP contribution in [0.5, 0.6) is 11.5 Å². The van der Waals surface area contributed by atoms with Crippen LogP contribution in [0.15, 0.2) is 78.9 Å². The molecule has 0 fully saturated rings. The molecule has 1 aromatic heterocycles. The third-order valence-electron chi connectivity index (χ3n) is 5.72. The van der Waals surface area contributed by atoms with Gasteiger partial charge in [0.25, 0.3) is 0 Å². The summed E-state index contributed by atoms with van der Waals surface area (Å²) in [6.45, 7) is 4.46. The number of nitrogens with one attached hydrogen (secondary N) is 1. The molecule has 0 aliphatic carbocycles. The maximum Gasteiger partial charge on any atom is 0.248 e. The van der Waals surface area contributed by atoms with Crippen molar-refractivity contribution in [2.75, 3.05) is 12.4 Å². The third kappa shape index (κ3) is 6.18. The summed E-state index contributed by atoms with van der Waals surface area (Å²) < 4.78 is 26.6. The Morgan fingerprint density at radius 2 is 1.86 bits per heavy atom. The van der Waals surface area contributed by atoms with Gasteiger partial charge in [-0.05, 0) is 67.4 Å². The number of para-hydroxylation sites is 1. The molecular formula is C29H28FN3O3. The SMILES string of the molecule is COc1ccc(/C=C/C(=O)Nc2c(C)nn(Cc3cccc(F)c3)c2C)cc1COc1ccccc1. The van der Waals surface area contributed by atoms with E-state index in [-0.39, 0.29) is 11.7 Å². The number of carbonyl (C=O) groups is 1. The highest BCUT2D eigenvalue weighted by atomic mass is 19.1. The summed E-state index contributed by atoms with van der Waals surface area (Å²) in [7, 11) is 1.61. The van der Waals surface area contributed by atoms with Crippen LogP contribution in [0.4, 0.5) is 10.1 Å². The lowest BCUT2D eigenvalue weighted by atomic mass is 10.1. The van der Waals surface area contributed by atoms with Crippen LogP contribution in [0.2, 0.25) is 0 Å². The van der Waals surface area contributed by atoms with Gasteiger partial charge in [0.05, 0.1) is 30.7 Å². The average molecular weight is 486 g/mol. The third-order valence-corrected chi connectivity index (χ3v) is 5.72. The number of ether oxygens (including phenoxy) is 2. The van der Waals surface area contributed by atoms with Crippen molar-refractivity contribution in [1.82, 2.24) is 9.78 Å². The van der Waals surface area contributed by atoms with Gasteiger partial charge < -0.3 is 14.8 Å². The lowest BCUT2D eigenvalue weighted by molar-refractivity contribution is -0.111. The second kappa shape index (κ2) is 11.4. The number of rotatable bonds is 9. The zero-order valence-electron chi connectivity index (χ0n) is 20.5. The van der Waals surface area contributed by atoms with Gasteiger partial charge in [-0.1, -0.05) is 36.4 Å². The lowest BCUT2D eigenvalue weighted by Crippen LogP contribution is -2.10. The van der Waals surface area contributed by atoms with E-state index in [4.69, 9.17) is 9.47 Å². The van der Waals surface area contributed by atoms with Crippen molar-refractivity contribution < 1.29 is 18.7 Å². The molecule has 0 unspecified atom stereocenters. The second-order valence-corrected chi connectivity index (χ2v) is 8.33. The normalized spacial score (nSPS) is 11.0. The molecule has 1 heterocycles. The maximum atomic E-state index is 13.5. The van der Waals surface area contributed by atoms with Gasteiger partial charge in [0.1, 0.15) is 23.9 Å². The molecule has 184 valence electrons. The van der Waals surface area contributed by atoms with E-state index >= 15 is 0 Å². The summed E-state index contributed by atoms with van der Waals surface area (Å²) in [5.74, 6) is 0.915. The van der Waals surface area contributed by atoms with Gasteiger partial charge in [-0.2, -0.15) is 5.10 Å². The number of nitrogens with zero attached hydrogens (tertiary/aromatic N) is 2. The fraction of sp³-hybridized carbons (Fsp3) is 0.172. The Morgan fingerprint density at radius 3 is 2.61 bits per heavy atom. The monoisotopic (exact) mass is 485 g/mol. The molecule has 0 saturated heterocycles. The molecule has 0 atom stereocenters. The Morgan fingerprint density at radius 1 is 1.06 bits per heavy atom. The second-order valence-electron chi connectivity index (χ2n) is 8.33. The van der Waals surface area contributed by atoms with Crippen molar-refractivity contribution in [3.8, 4) is 11.5 Å². The molecule has 0 bridgehead atoms. The minimum Gasteiger partial charge on any atom is -0.496 e. The first-order valence-electron chi connectivity index (χ1n) is 11.5. The number of aromatic nitrogens is 2. The molecule has 3 aromatic carbocycles. The summed E-state index contributed by atoms with van der Waals surface area (Å²) in [5.41, 5.74) is 4.64. The highest BCUT2D eigenvalue weighted by molar-refractivity contribution is 6.02. The molecule has 1 N–H and O–H groups in total. The standard InChI is InChI=1S/C29H28FN3O3/c1-20-29(21(2)33(32-20)18-23-8-7-9-25(30)17-23)31-28(34)15-13-22-12-14-27(35-3)24(16-22)19-36-26-10-5-4-6-11-26/h4-17H,18-19H2,1-3H3,(H,31,34)/b15-13+. The number of hydrogen-bond acceptors (Lipinski definition) is 4. The fourth-order valence-electron chi connectivity index (χ4n) is 3.87. The first-order valence-corrected chi connectivity index (χ1v) is 11.5. The van der Waals surface area contributed by atoms with Gasteiger partial charge in [0.15, 0.2) is 0 Å². The summed E-state index contributed by atoms with van der Waals surface area (Å²) in [6, 6.07) is 21.6. The number of anilines is 1. The van der Waals surface area contributed by atoms with Crippen LogP contribution in [0.25, 0.3) is 6.08 Å². The Labute approximate surface area is 210 Å². The van der Waals surface area contributed by atoms with Crippen molar-refractivity contribution >= 4 is 17.7 Å². The van der Waals surface area contributed by atoms with E-state index < -0.39 is 0 Å². The maximum absolute atomic E-state index is 13.5. The van der Waals surface area contributed by atoms with Gasteiger partial charge in [-0.3, -0.25) is 9.48 Å². The molecule has 0 radical (unpaired) electrons. The average Bonchev–Trinajstić information content (AvgIpc) is 3.14. The van der Waals surface area contributed by atoms with E-state index in [0.29, 0.717) is 30.3 Å². The summed E-state index contributed by atoms with van der Waals surface area (Å²) in [5, 5.41) is 7.43. The number of aryl methyl sites for hydroxylation is 1. The number of methoxy groups -OCH3 is 1. The largest absolute Gasteiger partial charge is 0.496 e. The first-order chi connectivity index (χ1) is 17.4. The molecule has 0 aliphatic rings. The topological polar surface area (TPSA) is 65.4 Å². The van der Waals surface area contributed by atoms with E-state index in [1.807, 2.05) is 68.4 Å².